The van der Waals surface area contributed by atoms with Gasteiger partial charge in [-0.3, -0.25) is 4.79 Å². The van der Waals surface area contributed by atoms with Gasteiger partial charge in [0.25, 0.3) is 5.91 Å². The maximum Gasteiger partial charge on any atom is 0.253 e. The normalized spacial score (nSPS) is 11.8. The minimum Gasteiger partial charge on any atom is -0.394 e. The fraction of sp³-hybridized carbons (Fsp3) is 0.250. The van der Waals surface area contributed by atoms with Crippen molar-refractivity contribution in [3.63, 3.8) is 0 Å². The fourth-order valence-electron chi connectivity index (χ4n) is 1.95. The first-order valence-electron chi connectivity index (χ1n) is 6.72. The lowest BCUT2D eigenvalue weighted by Gasteiger charge is -2.17. The maximum atomic E-state index is 12.2. The summed E-state index contributed by atoms with van der Waals surface area (Å²) in [4.78, 5) is 18.3. The van der Waals surface area contributed by atoms with Gasteiger partial charge >= 0.3 is 0 Å². The number of aliphatic hydroxyl groups excluding tert-OH is 1. The molecule has 0 spiro atoms. The molecule has 0 saturated heterocycles. The van der Waals surface area contributed by atoms with E-state index < -0.39 is 6.04 Å². The molecular formula is C16H19N3O2. The van der Waals surface area contributed by atoms with Gasteiger partial charge < -0.3 is 15.3 Å². The number of hydrogen-bond acceptors (Lipinski definition) is 4. The Labute approximate surface area is 124 Å². The molecule has 1 amide bonds. The van der Waals surface area contributed by atoms with E-state index in [2.05, 4.69) is 10.3 Å². The van der Waals surface area contributed by atoms with Crippen molar-refractivity contribution in [2.45, 2.75) is 6.04 Å². The summed E-state index contributed by atoms with van der Waals surface area (Å²) in [7, 11) is 3.78. The highest BCUT2D eigenvalue weighted by Gasteiger charge is 2.15. The Kier molecular flexibility index (Phi) is 4.90. The van der Waals surface area contributed by atoms with E-state index in [0.717, 1.165) is 11.4 Å². The van der Waals surface area contributed by atoms with Gasteiger partial charge in [0, 0.05) is 20.3 Å². The van der Waals surface area contributed by atoms with Crippen molar-refractivity contribution in [1.82, 2.24) is 10.3 Å². The number of nitrogens with zero attached hydrogens (tertiary/aromatic N) is 2. The minimum atomic E-state index is -0.424. The van der Waals surface area contributed by atoms with Gasteiger partial charge in [-0.2, -0.15) is 0 Å². The second kappa shape index (κ2) is 6.85. The predicted octanol–water partition coefficient (Wildman–Crippen LogP) is 1.61. The average molecular weight is 285 g/mol. The molecular weight excluding hydrogens is 266 g/mol. The molecule has 1 aromatic carbocycles. The second-order valence-corrected chi connectivity index (χ2v) is 4.92. The van der Waals surface area contributed by atoms with Crippen LogP contribution in [0.3, 0.4) is 0 Å². The molecule has 0 saturated carbocycles. The molecule has 0 unspecified atom stereocenters. The summed E-state index contributed by atoms with van der Waals surface area (Å²) in [6, 6.07) is 12.5. The van der Waals surface area contributed by atoms with Crippen LogP contribution in [0.1, 0.15) is 22.0 Å². The SMILES string of the molecule is CN(C)c1ccc(C(=O)N[C@H](CO)c2ccccc2)cn1. The summed E-state index contributed by atoms with van der Waals surface area (Å²) in [5.74, 6) is 0.532. The highest BCUT2D eigenvalue weighted by molar-refractivity contribution is 5.94. The van der Waals surface area contributed by atoms with E-state index in [1.807, 2.05) is 49.3 Å². The lowest BCUT2D eigenvalue weighted by atomic mass is 10.1. The first kappa shape index (κ1) is 15.0. The van der Waals surface area contributed by atoms with Crippen LogP contribution in [-0.4, -0.2) is 36.7 Å². The number of anilines is 1. The van der Waals surface area contributed by atoms with Crippen LogP contribution in [0.15, 0.2) is 48.7 Å². The molecule has 2 aromatic rings. The minimum absolute atomic E-state index is 0.154. The predicted molar refractivity (Wildman–Crippen MR) is 82.3 cm³/mol. The number of benzene rings is 1. The average Bonchev–Trinajstić information content (AvgIpc) is 2.53. The Morgan fingerprint density at radius 3 is 2.48 bits per heavy atom. The highest BCUT2D eigenvalue weighted by Crippen LogP contribution is 2.13. The van der Waals surface area contributed by atoms with Crippen molar-refractivity contribution in [1.29, 1.82) is 0 Å². The monoisotopic (exact) mass is 285 g/mol. The van der Waals surface area contributed by atoms with Crippen molar-refractivity contribution in [3.8, 4) is 0 Å². The van der Waals surface area contributed by atoms with E-state index in [0.29, 0.717) is 5.56 Å². The zero-order valence-corrected chi connectivity index (χ0v) is 12.2. The standard InChI is InChI=1S/C16H19N3O2/c1-19(2)15-9-8-13(10-17-15)16(21)18-14(11-20)12-6-4-3-5-7-12/h3-10,14,20H,11H2,1-2H3,(H,18,21)/t14-/m1/s1. The Bertz CT molecular complexity index is 582. The largest absolute Gasteiger partial charge is 0.394 e. The van der Waals surface area contributed by atoms with Crippen LogP contribution in [0.4, 0.5) is 5.82 Å². The molecule has 0 aliphatic carbocycles. The van der Waals surface area contributed by atoms with E-state index in [-0.39, 0.29) is 12.5 Å². The molecule has 5 heteroatoms. The summed E-state index contributed by atoms with van der Waals surface area (Å²) in [5, 5.41) is 12.3. The zero-order chi connectivity index (χ0) is 15.2. The lowest BCUT2D eigenvalue weighted by Crippen LogP contribution is -2.30. The maximum absolute atomic E-state index is 12.2. The molecule has 1 aromatic heterocycles. The molecule has 0 aliphatic heterocycles. The molecule has 0 bridgehead atoms. The molecule has 0 aliphatic rings. The Morgan fingerprint density at radius 2 is 1.95 bits per heavy atom. The molecule has 21 heavy (non-hydrogen) atoms. The zero-order valence-electron chi connectivity index (χ0n) is 12.2. The molecule has 0 fully saturated rings. The summed E-state index contributed by atoms with van der Waals surface area (Å²) in [6.07, 6.45) is 1.53. The number of carbonyl (C=O) groups excluding carboxylic acids is 1. The molecule has 1 heterocycles. The number of amides is 1. The van der Waals surface area contributed by atoms with E-state index >= 15 is 0 Å². The molecule has 1 atom stereocenters. The molecule has 0 radical (unpaired) electrons. The van der Waals surface area contributed by atoms with Crippen molar-refractivity contribution in [2.24, 2.45) is 0 Å². The van der Waals surface area contributed by atoms with Crippen LogP contribution in [0.25, 0.3) is 0 Å². The molecule has 5 nitrogen and oxygen atoms in total. The van der Waals surface area contributed by atoms with Crippen molar-refractivity contribution in [3.05, 3.63) is 59.8 Å². The fourth-order valence-corrected chi connectivity index (χ4v) is 1.95. The quantitative estimate of drug-likeness (QED) is 0.876. The third kappa shape index (κ3) is 3.79. The number of pyridine rings is 1. The number of aromatic nitrogens is 1. The number of carbonyl (C=O) groups is 1. The third-order valence-electron chi connectivity index (χ3n) is 3.16. The number of hydrogen-bond donors (Lipinski definition) is 2. The Balaban J connectivity index is 2.09. The van der Waals surface area contributed by atoms with Crippen LogP contribution < -0.4 is 10.2 Å². The van der Waals surface area contributed by atoms with Crippen molar-refractivity contribution < 1.29 is 9.90 Å². The summed E-state index contributed by atoms with van der Waals surface area (Å²) < 4.78 is 0. The van der Waals surface area contributed by atoms with Crippen molar-refractivity contribution >= 4 is 11.7 Å². The Hall–Kier alpha value is -2.40. The Morgan fingerprint density at radius 1 is 1.24 bits per heavy atom. The smallest absolute Gasteiger partial charge is 0.253 e. The van der Waals surface area contributed by atoms with E-state index in [1.165, 1.54) is 6.20 Å². The number of aliphatic hydroxyl groups is 1. The molecule has 2 N–H and O–H groups in total. The first-order valence-corrected chi connectivity index (χ1v) is 6.72. The van der Waals surface area contributed by atoms with Crippen LogP contribution in [0.5, 0.6) is 0 Å². The van der Waals surface area contributed by atoms with Gasteiger partial charge in [0.05, 0.1) is 18.2 Å². The summed E-state index contributed by atoms with van der Waals surface area (Å²) in [5.41, 5.74) is 1.33. The van der Waals surface area contributed by atoms with Gasteiger partial charge in [-0.1, -0.05) is 30.3 Å². The van der Waals surface area contributed by atoms with E-state index in [4.69, 9.17) is 0 Å². The van der Waals surface area contributed by atoms with Gasteiger partial charge in [-0.15, -0.1) is 0 Å². The second-order valence-electron chi connectivity index (χ2n) is 4.92. The third-order valence-corrected chi connectivity index (χ3v) is 3.16. The van der Waals surface area contributed by atoms with Crippen LogP contribution in [-0.2, 0) is 0 Å². The lowest BCUT2D eigenvalue weighted by molar-refractivity contribution is 0.0916. The topological polar surface area (TPSA) is 65.5 Å². The number of nitrogens with one attached hydrogen (secondary N) is 1. The summed E-state index contributed by atoms with van der Waals surface area (Å²) in [6.45, 7) is -0.154. The van der Waals surface area contributed by atoms with Gasteiger partial charge in [-0.05, 0) is 17.7 Å². The number of rotatable bonds is 5. The van der Waals surface area contributed by atoms with E-state index in [1.54, 1.807) is 12.1 Å². The molecule has 2 rings (SSSR count). The van der Waals surface area contributed by atoms with Gasteiger partial charge in [0.1, 0.15) is 5.82 Å². The first-order chi connectivity index (χ1) is 10.1. The highest BCUT2D eigenvalue weighted by atomic mass is 16.3. The van der Waals surface area contributed by atoms with E-state index in [9.17, 15) is 9.90 Å². The van der Waals surface area contributed by atoms with Crippen LogP contribution >= 0.6 is 0 Å². The van der Waals surface area contributed by atoms with Gasteiger partial charge in [0.15, 0.2) is 0 Å². The molecule has 110 valence electrons. The van der Waals surface area contributed by atoms with Gasteiger partial charge in [0.2, 0.25) is 0 Å². The summed E-state index contributed by atoms with van der Waals surface area (Å²) >= 11 is 0. The van der Waals surface area contributed by atoms with Crippen molar-refractivity contribution in [2.75, 3.05) is 25.6 Å². The van der Waals surface area contributed by atoms with Gasteiger partial charge in [-0.25, -0.2) is 4.98 Å². The van der Waals surface area contributed by atoms with Crippen LogP contribution in [0, 0.1) is 0 Å². The van der Waals surface area contributed by atoms with Crippen LogP contribution in [0.2, 0.25) is 0 Å².